The van der Waals surface area contributed by atoms with Crippen LogP contribution in [0.15, 0.2) is 0 Å². The molecule has 4 atom stereocenters. The molecule has 1 heterocycles. The molecule has 110 valence electrons. The quantitative estimate of drug-likeness (QED) is 0.852. The zero-order chi connectivity index (χ0) is 13.3. The number of nitrogens with zero attached hydrogens (tertiary/aromatic N) is 1. The topological polar surface area (TPSA) is 32.7 Å². The minimum atomic E-state index is 0.169. The lowest BCUT2D eigenvalue weighted by Crippen LogP contribution is -2.53. The Hall–Kier alpha value is -0.120. The summed E-state index contributed by atoms with van der Waals surface area (Å²) in [6, 6.07) is 0.634. The molecular weight excluding hydrogens is 238 g/mol. The molecule has 0 radical (unpaired) electrons. The molecule has 2 saturated carbocycles. The van der Waals surface area contributed by atoms with Gasteiger partial charge in [-0.1, -0.05) is 19.8 Å². The molecule has 0 amide bonds. The van der Waals surface area contributed by atoms with Gasteiger partial charge in [-0.3, -0.25) is 4.90 Å². The van der Waals surface area contributed by atoms with Crippen LogP contribution < -0.4 is 0 Å². The first kappa shape index (κ1) is 13.8. The Balaban J connectivity index is 1.67. The predicted octanol–water partition coefficient (Wildman–Crippen LogP) is 2.43. The Kier molecular flexibility index (Phi) is 4.16. The summed E-state index contributed by atoms with van der Waals surface area (Å²) in [6.45, 7) is 5.77. The molecule has 3 nitrogen and oxygen atoms in total. The van der Waals surface area contributed by atoms with E-state index in [9.17, 15) is 5.11 Å². The van der Waals surface area contributed by atoms with Gasteiger partial charge in [0.1, 0.15) is 0 Å². The number of fused-ring (bicyclic) bond motifs is 1. The molecule has 3 heteroatoms. The Labute approximate surface area is 117 Å². The van der Waals surface area contributed by atoms with Gasteiger partial charge in [-0.2, -0.15) is 0 Å². The summed E-state index contributed by atoms with van der Waals surface area (Å²) >= 11 is 0. The van der Waals surface area contributed by atoms with Crippen molar-refractivity contribution in [3.63, 3.8) is 0 Å². The third-order valence-electron chi connectivity index (χ3n) is 5.66. The molecule has 19 heavy (non-hydrogen) atoms. The van der Waals surface area contributed by atoms with Crippen molar-refractivity contribution in [3.05, 3.63) is 0 Å². The number of ether oxygens (including phenoxy) is 1. The molecule has 1 saturated heterocycles. The van der Waals surface area contributed by atoms with E-state index >= 15 is 0 Å². The summed E-state index contributed by atoms with van der Waals surface area (Å²) in [4.78, 5) is 2.65. The van der Waals surface area contributed by atoms with Crippen LogP contribution in [0, 0.1) is 11.3 Å². The zero-order valence-electron chi connectivity index (χ0n) is 12.3. The number of aliphatic hydroxyl groups is 1. The summed E-state index contributed by atoms with van der Waals surface area (Å²) in [5, 5.41) is 9.97. The highest BCUT2D eigenvalue weighted by molar-refractivity contribution is 4.94. The van der Waals surface area contributed by atoms with Crippen LogP contribution in [0.4, 0.5) is 0 Å². The van der Waals surface area contributed by atoms with Crippen LogP contribution in [0.2, 0.25) is 0 Å². The SMILES string of the molecule is CC1CCCC(CO)(CN2CCOC3CCCC32)C1. The Morgan fingerprint density at radius 2 is 2.16 bits per heavy atom. The van der Waals surface area contributed by atoms with Gasteiger partial charge in [0, 0.05) is 31.2 Å². The van der Waals surface area contributed by atoms with Crippen molar-refractivity contribution in [1.29, 1.82) is 0 Å². The van der Waals surface area contributed by atoms with Gasteiger partial charge in [-0.15, -0.1) is 0 Å². The molecule has 3 fully saturated rings. The predicted molar refractivity (Wildman–Crippen MR) is 76.1 cm³/mol. The molecule has 1 N–H and O–H groups in total. The van der Waals surface area contributed by atoms with Crippen LogP contribution in [-0.2, 0) is 4.74 Å². The van der Waals surface area contributed by atoms with E-state index in [0.717, 1.165) is 25.6 Å². The molecule has 4 unspecified atom stereocenters. The molecule has 1 aliphatic heterocycles. The monoisotopic (exact) mass is 267 g/mol. The molecule has 3 aliphatic rings. The van der Waals surface area contributed by atoms with E-state index in [1.165, 1.54) is 44.9 Å². The van der Waals surface area contributed by atoms with Crippen LogP contribution in [0.3, 0.4) is 0 Å². The molecule has 2 aliphatic carbocycles. The average Bonchev–Trinajstić information content (AvgIpc) is 2.88. The largest absolute Gasteiger partial charge is 0.396 e. The van der Waals surface area contributed by atoms with Crippen LogP contribution in [0.25, 0.3) is 0 Å². The summed E-state index contributed by atoms with van der Waals surface area (Å²) < 4.78 is 5.90. The van der Waals surface area contributed by atoms with Crippen LogP contribution in [0.1, 0.15) is 51.9 Å². The minimum Gasteiger partial charge on any atom is -0.396 e. The lowest BCUT2D eigenvalue weighted by molar-refractivity contribution is -0.0816. The fourth-order valence-electron chi connectivity index (χ4n) is 4.74. The second-order valence-corrected chi connectivity index (χ2v) is 7.24. The number of hydrogen-bond donors (Lipinski definition) is 1. The van der Waals surface area contributed by atoms with Crippen molar-refractivity contribution in [2.45, 2.75) is 64.0 Å². The van der Waals surface area contributed by atoms with Crippen LogP contribution >= 0.6 is 0 Å². The molecule has 0 aromatic carbocycles. The first-order valence-corrected chi connectivity index (χ1v) is 8.19. The molecule has 0 bridgehead atoms. The van der Waals surface area contributed by atoms with E-state index in [2.05, 4.69) is 11.8 Å². The van der Waals surface area contributed by atoms with Crippen molar-refractivity contribution in [1.82, 2.24) is 4.90 Å². The maximum atomic E-state index is 9.97. The second kappa shape index (κ2) is 5.71. The third-order valence-corrected chi connectivity index (χ3v) is 5.66. The highest BCUT2D eigenvalue weighted by atomic mass is 16.5. The number of aliphatic hydroxyl groups excluding tert-OH is 1. The lowest BCUT2D eigenvalue weighted by atomic mass is 9.70. The van der Waals surface area contributed by atoms with Gasteiger partial charge in [-0.25, -0.2) is 0 Å². The fraction of sp³-hybridized carbons (Fsp3) is 1.00. The van der Waals surface area contributed by atoms with Crippen molar-refractivity contribution in [2.24, 2.45) is 11.3 Å². The summed E-state index contributed by atoms with van der Waals surface area (Å²) in [5.41, 5.74) is 0.169. The molecule has 0 aromatic heterocycles. The van der Waals surface area contributed by atoms with E-state index in [0.29, 0.717) is 18.8 Å². The van der Waals surface area contributed by atoms with Crippen molar-refractivity contribution < 1.29 is 9.84 Å². The summed E-state index contributed by atoms with van der Waals surface area (Å²) in [5.74, 6) is 0.779. The molecular formula is C16H29NO2. The molecule has 0 aromatic rings. The fourth-order valence-corrected chi connectivity index (χ4v) is 4.74. The van der Waals surface area contributed by atoms with Crippen molar-refractivity contribution in [2.75, 3.05) is 26.3 Å². The van der Waals surface area contributed by atoms with E-state index in [1.54, 1.807) is 0 Å². The zero-order valence-corrected chi connectivity index (χ0v) is 12.3. The molecule has 0 spiro atoms. The van der Waals surface area contributed by atoms with Gasteiger partial charge in [0.15, 0.2) is 0 Å². The minimum absolute atomic E-state index is 0.169. The number of hydrogen-bond acceptors (Lipinski definition) is 3. The first-order chi connectivity index (χ1) is 9.22. The van der Waals surface area contributed by atoms with Gasteiger partial charge in [0.05, 0.1) is 12.7 Å². The van der Waals surface area contributed by atoms with Crippen molar-refractivity contribution in [3.8, 4) is 0 Å². The van der Waals surface area contributed by atoms with E-state index in [1.807, 2.05) is 0 Å². The second-order valence-electron chi connectivity index (χ2n) is 7.24. The van der Waals surface area contributed by atoms with Gasteiger partial charge in [0.2, 0.25) is 0 Å². The maximum Gasteiger partial charge on any atom is 0.0730 e. The van der Waals surface area contributed by atoms with Crippen molar-refractivity contribution >= 4 is 0 Å². The van der Waals surface area contributed by atoms with Gasteiger partial charge < -0.3 is 9.84 Å². The average molecular weight is 267 g/mol. The van der Waals surface area contributed by atoms with Gasteiger partial charge in [0.25, 0.3) is 0 Å². The van der Waals surface area contributed by atoms with E-state index in [4.69, 9.17) is 4.74 Å². The summed E-state index contributed by atoms with van der Waals surface area (Å²) in [6.07, 6.45) is 9.38. The van der Waals surface area contributed by atoms with E-state index < -0.39 is 0 Å². The van der Waals surface area contributed by atoms with Crippen LogP contribution in [-0.4, -0.2) is 48.5 Å². The third kappa shape index (κ3) is 2.84. The maximum absolute atomic E-state index is 9.97. The standard InChI is InChI=1S/C16H29NO2/c1-13-4-3-7-16(10-13,12-18)11-17-8-9-19-15-6-2-5-14(15)17/h13-15,18H,2-12H2,1H3. The smallest absolute Gasteiger partial charge is 0.0730 e. The van der Waals surface area contributed by atoms with Gasteiger partial charge >= 0.3 is 0 Å². The Morgan fingerprint density at radius 1 is 1.26 bits per heavy atom. The normalized spacial score (nSPS) is 44.2. The highest BCUT2D eigenvalue weighted by Gasteiger charge is 2.42. The lowest BCUT2D eigenvalue weighted by Gasteiger charge is -2.46. The van der Waals surface area contributed by atoms with E-state index in [-0.39, 0.29) is 5.41 Å². The highest BCUT2D eigenvalue weighted by Crippen LogP contribution is 2.41. The summed E-state index contributed by atoms with van der Waals surface area (Å²) in [7, 11) is 0. The van der Waals surface area contributed by atoms with Crippen LogP contribution in [0.5, 0.6) is 0 Å². The first-order valence-electron chi connectivity index (χ1n) is 8.19. The van der Waals surface area contributed by atoms with Gasteiger partial charge in [-0.05, 0) is 38.0 Å². The number of morpholine rings is 1. The number of rotatable bonds is 3. The Bertz CT molecular complexity index is 309. The molecule has 3 rings (SSSR count). The Morgan fingerprint density at radius 3 is 2.95 bits per heavy atom.